The highest BCUT2D eigenvalue weighted by atomic mass is 32.1. The zero-order chi connectivity index (χ0) is 21.8. The predicted octanol–water partition coefficient (Wildman–Crippen LogP) is 3.88. The maximum absolute atomic E-state index is 12.7. The SMILES string of the molecule is O=C(NC1CCN(Cc2ccccc2)CC1)c1cnc(NCc2ccc3c(c2)OCO3)s1. The highest BCUT2D eigenvalue weighted by Gasteiger charge is 2.22. The Morgan fingerprint density at radius 1 is 1.06 bits per heavy atom. The van der Waals surface area contributed by atoms with Gasteiger partial charge in [-0.05, 0) is 36.1 Å². The van der Waals surface area contributed by atoms with Crippen LogP contribution in [0.3, 0.4) is 0 Å². The Kier molecular flexibility index (Phi) is 6.22. The van der Waals surface area contributed by atoms with E-state index in [2.05, 4.69) is 44.8 Å². The van der Waals surface area contributed by atoms with Crippen molar-refractivity contribution >= 4 is 22.4 Å². The minimum Gasteiger partial charge on any atom is -0.454 e. The molecular formula is C24H26N4O3S. The molecule has 1 fully saturated rings. The molecule has 0 atom stereocenters. The number of amides is 1. The molecule has 0 bridgehead atoms. The number of fused-ring (bicyclic) bond motifs is 1. The topological polar surface area (TPSA) is 75.7 Å². The van der Waals surface area contributed by atoms with Crippen LogP contribution in [0, 0.1) is 0 Å². The predicted molar refractivity (Wildman–Crippen MR) is 124 cm³/mol. The number of anilines is 1. The summed E-state index contributed by atoms with van der Waals surface area (Å²) in [5.74, 6) is 1.49. The van der Waals surface area contributed by atoms with E-state index >= 15 is 0 Å². The molecule has 1 saturated heterocycles. The van der Waals surface area contributed by atoms with E-state index in [-0.39, 0.29) is 18.7 Å². The average Bonchev–Trinajstić information content (AvgIpc) is 3.49. The first-order valence-electron chi connectivity index (χ1n) is 10.9. The maximum Gasteiger partial charge on any atom is 0.263 e. The Balaban J connectivity index is 1.08. The summed E-state index contributed by atoms with van der Waals surface area (Å²) in [5.41, 5.74) is 2.40. The Morgan fingerprint density at radius 2 is 1.88 bits per heavy atom. The van der Waals surface area contributed by atoms with E-state index in [0.717, 1.165) is 54.7 Å². The average molecular weight is 451 g/mol. The minimum absolute atomic E-state index is 0.0415. The molecular weight excluding hydrogens is 424 g/mol. The minimum atomic E-state index is -0.0415. The van der Waals surface area contributed by atoms with Crippen LogP contribution >= 0.6 is 11.3 Å². The van der Waals surface area contributed by atoms with Crippen molar-refractivity contribution in [1.29, 1.82) is 0 Å². The van der Waals surface area contributed by atoms with Crippen LogP contribution in [-0.2, 0) is 13.1 Å². The van der Waals surface area contributed by atoms with Gasteiger partial charge in [-0.2, -0.15) is 0 Å². The lowest BCUT2D eigenvalue weighted by Gasteiger charge is -2.32. The molecule has 7 nitrogen and oxygen atoms in total. The molecule has 3 heterocycles. The van der Waals surface area contributed by atoms with Crippen molar-refractivity contribution in [3.05, 3.63) is 70.7 Å². The second-order valence-corrected chi connectivity index (χ2v) is 9.11. The van der Waals surface area contributed by atoms with Crippen molar-refractivity contribution in [1.82, 2.24) is 15.2 Å². The van der Waals surface area contributed by atoms with Gasteiger partial charge in [0.05, 0.1) is 6.20 Å². The van der Waals surface area contributed by atoms with Gasteiger partial charge in [0.15, 0.2) is 16.6 Å². The summed E-state index contributed by atoms with van der Waals surface area (Å²) in [4.78, 5) is 20.1. The van der Waals surface area contributed by atoms with E-state index in [0.29, 0.717) is 11.4 Å². The van der Waals surface area contributed by atoms with Crippen LogP contribution < -0.4 is 20.1 Å². The first-order chi connectivity index (χ1) is 15.7. The number of hydrogen-bond acceptors (Lipinski definition) is 7. The molecule has 2 aliphatic rings. The van der Waals surface area contributed by atoms with Crippen molar-refractivity contribution in [2.24, 2.45) is 0 Å². The molecule has 3 aromatic rings. The largest absolute Gasteiger partial charge is 0.454 e. The highest BCUT2D eigenvalue weighted by molar-refractivity contribution is 7.17. The lowest BCUT2D eigenvalue weighted by molar-refractivity contribution is 0.0913. The number of aromatic nitrogens is 1. The Labute approximate surface area is 191 Å². The van der Waals surface area contributed by atoms with Gasteiger partial charge in [-0.3, -0.25) is 9.69 Å². The summed E-state index contributed by atoms with van der Waals surface area (Å²) in [7, 11) is 0. The second kappa shape index (κ2) is 9.58. The molecule has 0 unspecified atom stereocenters. The first-order valence-corrected chi connectivity index (χ1v) is 11.7. The van der Waals surface area contributed by atoms with Crippen LogP contribution in [0.1, 0.15) is 33.6 Å². The van der Waals surface area contributed by atoms with Crippen molar-refractivity contribution in [3.63, 3.8) is 0 Å². The molecule has 0 aliphatic carbocycles. The summed E-state index contributed by atoms with van der Waals surface area (Å²) in [6.07, 6.45) is 3.58. The third kappa shape index (κ3) is 5.03. The fraction of sp³-hybridized carbons (Fsp3) is 0.333. The normalized spacial score (nSPS) is 16.1. The summed E-state index contributed by atoms with van der Waals surface area (Å²) in [5, 5.41) is 7.19. The van der Waals surface area contributed by atoms with Crippen LogP contribution in [0.4, 0.5) is 5.13 Å². The van der Waals surface area contributed by atoms with E-state index < -0.39 is 0 Å². The van der Waals surface area contributed by atoms with Crippen molar-refractivity contribution in [2.75, 3.05) is 25.2 Å². The molecule has 1 amide bonds. The lowest BCUT2D eigenvalue weighted by Crippen LogP contribution is -2.44. The summed E-state index contributed by atoms with van der Waals surface area (Å²) in [6.45, 7) is 3.82. The third-order valence-electron chi connectivity index (χ3n) is 5.78. The summed E-state index contributed by atoms with van der Waals surface area (Å²) >= 11 is 1.38. The number of piperidine rings is 1. The van der Waals surface area contributed by atoms with Gasteiger partial charge in [0.1, 0.15) is 4.88 Å². The molecule has 32 heavy (non-hydrogen) atoms. The van der Waals surface area contributed by atoms with Crippen LogP contribution in [-0.4, -0.2) is 41.7 Å². The highest BCUT2D eigenvalue weighted by Crippen LogP contribution is 2.32. The monoisotopic (exact) mass is 450 g/mol. The van der Waals surface area contributed by atoms with Crippen LogP contribution in [0.5, 0.6) is 11.5 Å². The molecule has 166 valence electrons. The number of carbonyl (C=O) groups is 1. The molecule has 2 aromatic carbocycles. The quantitative estimate of drug-likeness (QED) is 0.569. The van der Waals surface area contributed by atoms with Crippen LogP contribution in [0.15, 0.2) is 54.7 Å². The van der Waals surface area contributed by atoms with E-state index in [4.69, 9.17) is 9.47 Å². The van der Waals surface area contributed by atoms with Gasteiger partial charge in [-0.1, -0.05) is 47.7 Å². The fourth-order valence-electron chi connectivity index (χ4n) is 4.02. The van der Waals surface area contributed by atoms with Gasteiger partial charge in [0.25, 0.3) is 5.91 Å². The van der Waals surface area contributed by atoms with Crippen molar-refractivity contribution < 1.29 is 14.3 Å². The smallest absolute Gasteiger partial charge is 0.263 e. The number of nitrogens with zero attached hydrogens (tertiary/aromatic N) is 2. The van der Waals surface area contributed by atoms with Crippen LogP contribution in [0.2, 0.25) is 0 Å². The number of benzene rings is 2. The number of thiazole rings is 1. The number of hydrogen-bond donors (Lipinski definition) is 2. The second-order valence-electron chi connectivity index (χ2n) is 8.08. The number of nitrogens with one attached hydrogen (secondary N) is 2. The number of likely N-dealkylation sites (tertiary alicyclic amines) is 1. The molecule has 0 radical (unpaired) electrons. The zero-order valence-corrected chi connectivity index (χ0v) is 18.6. The Bertz CT molecular complexity index is 1060. The molecule has 1 aromatic heterocycles. The van der Waals surface area contributed by atoms with Gasteiger partial charge >= 0.3 is 0 Å². The zero-order valence-electron chi connectivity index (χ0n) is 17.8. The van der Waals surface area contributed by atoms with Gasteiger partial charge in [0, 0.05) is 32.2 Å². The molecule has 2 aliphatic heterocycles. The van der Waals surface area contributed by atoms with Crippen molar-refractivity contribution in [2.45, 2.75) is 32.0 Å². The fourth-order valence-corrected chi connectivity index (χ4v) is 4.74. The van der Waals surface area contributed by atoms with Gasteiger partial charge in [-0.15, -0.1) is 0 Å². The molecule has 5 rings (SSSR count). The first kappa shape index (κ1) is 20.8. The number of carbonyl (C=O) groups excluding carboxylic acids is 1. The Hall–Kier alpha value is -3.10. The van der Waals surface area contributed by atoms with Gasteiger partial charge in [0.2, 0.25) is 6.79 Å². The van der Waals surface area contributed by atoms with E-state index in [1.165, 1.54) is 16.9 Å². The third-order valence-corrected chi connectivity index (χ3v) is 6.74. The van der Waals surface area contributed by atoms with E-state index in [1.54, 1.807) is 6.20 Å². The molecule has 2 N–H and O–H groups in total. The molecule has 8 heteroatoms. The maximum atomic E-state index is 12.7. The lowest BCUT2D eigenvalue weighted by atomic mass is 10.0. The molecule has 0 spiro atoms. The Morgan fingerprint density at radius 3 is 2.72 bits per heavy atom. The van der Waals surface area contributed by atoms with Crippen LogP contribution in [0.25, 0.3) is 0 Å². The number of ether oxygens (including phenoxy) is 2. The van der Waals surface area contributed by atoms with Gasteiger partial charge < -0.3 is 20.1 Å². The summed E-state index contributed by atoms with van der Waals surface area (Å²) < 4.78 is 10.8. The summed E-state index contributed by atoms with van der Waals surface area (Å²) in [6, 6.07) is 16.6. The number of rotatable bonds is 7. The van der Waals surface area contributed by atoms with Gasteiger partial charge in [-0.25, -0.2) is 4.98 Å². The van der Waals surface area contributed by atoms with E-state index in [9.17, 15) is 4.79 Å². The van der Waals surface area contributed by atoms with Crippen molar-refractivity contribution in [3.8, 4) is 11.5 Å². The van der Waals surface area contributed by atoms with E-state index in [1.807, 2.05) is 24.3 Å². The standard InChI is InChI=1S/C24H26N4O3S/c29-23(27-19-8-10-28(11-9-19)15-17-4-2-1-3-5-17)22-14-26-24(32-22)25-13-18-6-7-20-21(12-18)31-16-30-20/h1-7,12,14,19H,8-11,13,15-16H2,(H,25,26)(H,27,29). The molecule has 0 saturated carbocycles.